The van der Waals surface area contributed by atoms with Gasteiger partial charge in [0.15, 0.2) is 0 Å². The Balaban J connectivity index is 3.32. The summed E-state index contributed by atoms with van der Waals surface area (Å²) in [5.41, 5.74) is 4.78. The number of rotatable bonds is 15. The van der Waals surface area contributed by atoms with Crippen LogP contribution in [0.3, 0.4) is 0 Å². The number of carbonyl (C=O) groups is 3. The largest absolute Gasteiger partial charge is 0.351 e. The number of urea groups is 2. The Bertz CT molecular complexity index is 423. The van der Waals surface area contributed by atoms with E-state index in [1.54, 1.807) is 5.32 Å². The van der Waals surface area contributed by atoms with Crippen LogP contribution >= 0.6 is 0 Å². The maximum Gasteiger partial charge on any atom is 0.329 e. The molecule has 6 heteroatoms. The molecule has 0 aliphatic rings. The highest BCUT2D eigenvalue weighted by atomic mass is 16.2. The molecule has 0 spiro atoms. The first-order chi connectivity index (χ1) is 12.6. The smallest absolute Gasteiger partial charge is 0.329 e. The molecule has 6 nitrogen and oxygen atoms in total. The quantitative estimate of drug-likeness (QED) is 0.282. The highest BCUT2D eigenvalue weighted by Gasteiger charge is 2.08. The Morgan fingerprint density at radius 3 is 1.77 bits per heavy atom. The zero-order valence-electron chi connectivity index (χ0n) is 16.4. The van der Waals surface area contributed by atoms with E-state index in [0.29, 0.717) is 0 Å². The van der Waals surface area contributed by atoms with Crippen molar-refractivity contribution in [2.45, 2.75) is 96.8 Å². The maximum atomic E-state index is 11.4. The first-order valence-electron chi connectivity index (χ1n) is 10.1. The van der Waals surface area contributed by atoms with Crippen LogP contribution < -0.4 is 16.4 Å². The van der Waals surface area contributed by atoms with Gasteiger partial charge in [-0.3, -0.25) is 15.4 Å². The lowest BCUT2D eigenvalue weighted by atomic mass is 10.1. The molecule has 0 heterocycles. The zero-order valence-corrected chi connectivity index (χ0v) is 16.4. The van der Waals surface area contributed by atoms with Gasteiger partial charge in [0.05, 0.1) is 0 Å². The van der Waals surface area contributed by atoms with Crippen LogP contribution in [-0.2, 0) is 4.79 Å². The Labute approximate surface area is 158 Å². The van der Waals surface area contributed by atoms with Gasteiger partial charge >= 0.3 is 12.1 Å². The Hall–Kier alpha value is -1.85. The average molecular weight is 368 g/mol. The van der Waals surface area contributed by atoms with Gasteiger partial charge < -0.3 is 5.73 Å². The third-order valence-corrected chi connectivity index (χ3v) is 4.16. The van der Waals surface area contributed by atoms with Crippen LogP contribution in [0.4, 0.5) is 9.59 Å². The van der Waals surface area contributed by atoms with E-state index in [0.717, 1.165) is 32.1 Å². The molecule has 0 saturated heterocycles. The summed E-state index contributed by atoms with van der Waals surface area (Å²) in [6.45, 7) is 2.24. The molecule has 26 heavy (non-hydrogen) atoms. The molecule has 0 fully saturated rings. The molecule has 0 aliphatic carbocycles. The number of hydrogen-bond acceptors (Lipinski definition) is 3. The van der Waals surface area contributed by atoms with Crippen LogP contribution in [0, 0.1) is 0 Å². The van der Waals surface area contributed by atoms with Gasteiger partial charge in [0.2, 0.25) is 5.91 Å². The SMILES string of the molecule is CCCCCCCCC=CCCCCCCCC(=O)NC(=O)NC(N)=O. The highest BCUT2D eigenvalue weighted by molar-refractivity contribution is 6.01. The van der Waals surface area contributed by atoms with Crippen molar-refractivity contribution >= 4 is 18.0 Å². The maximum absolute atomic E-state index is 11.4. The summed E-state index contributed by atoms with van der Waals surface area (Å²) in [6, 6.07) is -1.84. The van der Waals surface area contributed by atoms with E-state index >= 15 is 0 Å². The van der Waals surface area contributed by atoms with E-state index in [-0.39, 0.29) is 12.3 Å². The second kappa shape index (κ2) is 18.0. The van der Waals surface area contributed by atoms with E-state index < -0.39 is 12.1 Å². The lowest BCUT2D eigenvalue weighted by Crippen LogP contribution is -2.44. The number of unbranched alkanes of at least 4 members (excludes halogenated alkanes) is 11. The van der Waals surface area contributed by atoms with Crippen LogP contribution in [-0.4, -0.2) is 18.0 Å². The summed E-state index contributed by atoms with van der Waals surface area (Å²) < 4.78 is 0. The van der Waals surface area contributed by atoms with E-state index in [2.05, 4.69) is 24.4 Å². The molecule has 0 aromatic carbocycles. The van der Waals surface area contributed by atoms with E-state index in [1.165, 1.54) is 51.4 Å². The second-order valence-electron chi connectivity index (χ2n) is 6.70. The highest BCUT2D eigenvalue weighted by Crippen LogP contribution is 2.09. The van der Waals surface area contributed by atoms with Gasteiger partial charge in [-0.05, 0) is 32.1 Å². The first-order valence-corrected chi connectivity index (χ1v) is 10.1. The van der Waals surface area contributed by atoms with Gasteiger partial charge in [0, 0.05) is 6.42 Å². The van der Waals surface area contributed by atoms with Crippen molar-refractivity contribution in [2.24, 2.45) is 5.73 Å². The molecule has 5 amide bonds. The number of primary amides is 1. The number of amides is 5. The van der Waals surface area contributed by atoms with E-state index in [1.807, 2.05) is 0 Å². The lowest BCUT2D eigenvalue weighted by molar-refractivity contribution is -0.120. The van der Waals surface area contributed by atoms with Crippen molar-refractivity contribution in [1.82, 2.24) is 10.6 Å². The summed E-state index contributed by atoms with van der Waals surface area (Å²) >= 11 is 0. The Kier molecular flexibility index (Phi) is 16.7. The van der Waals surface area contributed by atoms with Crippen molar-refractivity contribution in [1.29, 1.82) is 0 Å². The number of allylic oxidation sites excluding steroid dienone is 2. The van der Waals surface area contributed by atoms with Crippen LogP contribution in [0.1, 0.15) is 96.8 Å². The normalized spacial score (nSPS) is 10.8. The minimum atomic E-state index is -0.976. The fraction of sp³-hybridized carbons (Fsp3) is 0.750. The van der Waals surface area contributed by atoms with Crippen LogP contribution in [0.5, 0.6) is 0 Å². The molecular weight excluding hydrogens is 330 g/mol. The predicted molar refractivity (Wildman–Crippen MR) is 106 cm³/mol. The third kappa shape index (κ3) is 18.5. The summed E-state index contributed by atoms with van der Waals surface area (Å²) in [7, 11) is 0. The monoisotopic (exact) mass is 367 g/mol. The van der Waals surface area contributed by atoms with Gasteiger partial charge in [-0.15, -0.1) is 0 Å². The number of nitrogens with one attached hydrogen (secondary N) is 2. The minimum absolute atomic E-state index is 0.282. The molecule has 0 unspecified atom stereocenters. The molecule has 0 atom stereocenters. The fourth-order valence-corrected chi connectivity index (χ4v) is 2.69. The van der Waals surface area contributed by atoms with Gasteiger partial charge in [-0.1, -0.05) is 70.4 Å². The lowest BCUT2D eigenvalue weighted by Gasteiger charge is -2.03. The average Bonchev–Trinajstić information content (AvgIpc) is 2.57. The molecule has 4 N–H and O–H groups in total. The molecule has 0 aromatic rings. The number of nitrogens with two attached hydrogens (primary N) is 1. The van der Waals surface area contributed by atoms with Crippen molar-refractivity contribution in [3.05, 3.63) is 12.2 Å². The zero-order chi connectivity index (χ0) is 19.5. The van der Waals surface area contributed by atoms with Crippen molar-refractivity contribution in [3.63, 3.8) is 0 Å². The molecule has 0 aromatic heterocycles. The van der Waals surface area contributed by atoms with Gasteiger partial charge in [-0.2, -0.15) is 0 Å². The molecule has 0 bridgehead atoms. The summed E-state index contributed by atoms with van der Waals surface area (Å²) in [5.74, 6) is -0.388. The van der Waals surface area contributed by atoms with Crippen molar-refractivity contribution in [3.8, 4) is 0 Å². The molecule has 0 radical (unpaired) electrons. The Morgan fingerprint density at radius 1 is 0.731 bits per heavy atom. The van der Waals surface area contributed by atoms with Crippen molar-refractivity contribution < 1.29 is 14.4 Å². The molecule has 150 valence electrons. The van der Waals surface area contributed by atoms with Gasteiger partial charge in [-0.25, -0.2) is 9.59 Å². The molecular formula is C20H37N3O3. The topological polar surface area (TPSA) is 101 Å². The van der Waals surface area contributed by atoms with Crippen LogP contribution in [0.25, 0.3) is 0 Å². The van der Waals surface area contributed by atoms with Gasteiger partial charge in [0.25, 0.3) is 0 Å². The molecule has 0 rings (SSSR count). The number of carbonyl (C=O) groups excluding carboxylic acids is 3. The van der Waals surface area contributed by atoms with E-state index in [9.17, 15) is 14.4 Å². The van der Waals surface area contributed by atoms with Crippen molar-refractivity contribution in [2.75, 3.05) is 0 Å². The minimum Gasteiger partial charge on any atom is -0.351 e. The third-order valence-electron chi connectivity index (χ3n) is 4.16. The summed E-state index contributed by atoms with van der Waals surface area (Å²) in [5, 5.41) is 3.85. The van der Waals surface area contributed by atoms with Crippen LogP contribution in [0.2, 0.25) is 0 Å². The van der Waals surface area contributed by atoms with E-state index in [4.69, 9.17) is 5.73 Å². The molecule has 0 saturated carbocycles. The number of imide groups is 2. The first kappa shape index (κ1) is 24.1. The summed E-state index contributed by atoms with van der Waals surface area (Å²) in [4.78, 5) is 32.9. The number of hydrogen-bond donors (Lipinski definition) is 3. The second-order valence-corrected chi connectivity index (χ2v) is 6.70. The summed E-state index contributed by atoms with van der Waals surface area (Å²) in [6.07, 6.45) is 20.4. The Morgan fingerprint density at radius 2 is 1.23 bits per heavy atom. The fourth-order valence-electron chi connectivity index (χ4n) is 2.69. The predicted octanol–water partition coefficient (Wildman–Crippen LogP) is 4.93. The standard InChI is InChI=1S/C20H37N3O3/c1-2-3-4-5-6-7-8-9-10-11-12-13-14-15-16-17-18(24)22-20(26)23-19(21)25/h9-10H,2-8,11-17H2,1H3,(H4,21,22,23,24,25,26). The van der Waals surface area contributed by atoms with Gasteiger partial charge in [0.1, 0.15) is 0 Å². The van der Waals surface area contributed by atoms with Crippen LogP contribution in [0.15, 0.2) is 12.2 Å². The molecule has 0 aliphatic heterocycles.